The number of halogens is 2. The third-order valence-corrected chi connectivity index (χ3v) is 3.22. The van der Waals surface area contributed by atoms with Gasteiger partial charge in [-0.25, -0.2) is 8.78 Å². The molecule has 0 heterocycles. The summed E-state index contributed by atoms with van der Waals surface area (Å²) in [6.07, 6.45) is 6.30. The fourth-order valence-corrected chi connectivity index (χ4v) is 2.34. The Kier molecular flexibility index (Phi) is 6.17. The third kappa shape index (κ3) is 4.84. The van der Waals surface area contributed by atoms with Gasteiger partial charge in [0.05, 0.1) is 0 Å². The van der Waals surface area contributed by atoms with Crippen LogP contribution in [0.3, 0.4) is 0 Å². The topological polar surface area (TPSA) is 0 Å². The number of hydrogen-bond acceptors (Lipinski definition) is 0. The fourth-order valence-electron chi connectivity index (χ4n) is 2.34. The maximum Gasteiger partial charge on any atom is 0.126 e. The molecule has 0 unspecified atom stereocenters. The zero-order valence-corrected chi connectivity index (χ0v) is 10.8. The number of hydrogen-bond donors (Lipinski definition) is 0. The molecule has 0 N–H and O–H groups in total. The standard InChI is InChI=1S/C15H22F2/c1-3-5-12(6-4-2)7-8-13-11-14(16)9-10-15(13)17/h9-12H,3-8H2,1-2H3. The van der Waals surface area contributed by atoms with E-state index in [0.29, 0.717) is 17.9 Å². The van der Waals surface area contributed by atoms with Crippen molar-refractivity contribution in [1.29, 1.82) is 0 Å². The summed E-state index contributed by atoms with van der Waals surface area (Å²) in [7, 11) is 0. The van der Waals surface area contributed by atoms with E-state index < -0.39 is 0 Å². The van der Waals surface area contributed by atoms with Crippen LogP contribution in [0.25, 0.3) is 0 Å². The van der Waals surface area contributed by atoms with Crippen molar-refractivity contribution in [3.05, 3.63) is 35.4 Å². The van der Waals surface area contributed by atoms with Crippen LogP contribution in [0.5, 0.6) is 0 Å². The molecular formula is C15H22F2. The Bertz CT molecular complexity index is 328. The minimum Gasteiger partial charge on any atom is -0.207 e. The van der Waals surface area contributed by atoms with Crippen LogP contribution < -0.4 is 0 Å². The summed E-state index contributed by atoms with van der Waals surface area (Å²) < 4.78 is 26.4. The molecule has 2 heteroatoms. The largest absolute Gasteiger partial charge is 0.207 e. The highest BCUT2D eigenvalue weighted by Gasteiger charge is 2.09. The Labute approximate surface area is 103 Å². The van der Waals surface area contributed by atoms with Gasteiger partial charge in [0.2, 0.25) is 0 Å². The Morgan fingerprint density at radius 1 is 1.00 bits per heavy atom. The quantitative estimate of drug-likeness (QED) is 0.621. The molecular weight excluding hydrogens is 218 g/mol. The predicted octanol–water partition coefficient (Wildman–Crippen LogP) is 5.11. The third-order valence-electron chi connectivity index (χ3n) is 3.22. The van der Waals surface area contributed by atoms with Crippen molar-refractivity contribution >= 4 is 0 Å². The molecule has 0 bridgehead atoms. The minimum absolute atomic E-state index is 0.279. The summed E-state index contributed by atoms with van der Waals surface area (Å²) in [4.78, 5) is 0. The van der Waals surface area contributed by atoms with Crippen LogP contribution in [0.4, 0.5) is 8.78 Å². The van der Waals surface area contributed by atoms with E-state index in [4.69, 9.17) is 0 Å². The monoisotopic (exact) mass is 240 g/mol. The molecule has 0 atom stereocenters. The molecule has 0 saturated carbocycles. The van der Waals surface area contributed by atoms with Crippen molar-refractivity contribution < 1.29 is 8.78 Å². The van der Waals surface area contributed by atoms with Crippen LogP contribution in [0.1, 0.15) is 51.5 Å². The first-order valence-electron chi connectivity index (χ1n) is 6.61. The van der Waals surface area contributed by atoms with Crippen molar-refractivity contribution in [3.63, 3.8) is 0 Å². The zero-order valence-electron chi connectivity index (χ0n) is 10.8. The van der Waals surface area contributed by atoms with Crippen molar-refractivity contribution in [2.45, 2.75) is 52.4 Å². The lowest BCUT2D eigenvalue weighted by atomic mass is 9.91. The summed E-state index contributed by atoms with van der Waals surface area (Å²) in [6, 6.07) is 3.72. The SMILES string of the molecule is CCCC(CCC)CCc1cc(F)ccc1F. The lowest BCUT2D eigenvalue weighted by Gasteiger charge is -2.15. The molecule has 1 aromatic carbocycles. The molecule has 0 amide bonds. The Hall–Kier alpha value is -0.920. The lowest BCUT2D eigenvalue weighted by molar-refractivity contribution is 0.408. The number of rotatable bonds is 7. The molecule has 0 nitrogen and oxygen atoms in total. The van der Waals surface area contributed by atoms with Gasteiger partial charge in [-0.1, -0.05) is 39.5 Å². The summed E-state index contributed by atoms with van der Waals surface area (Å²) in [5.74, 6) is 0.0229. The van der Waals surface area contributed by atoms with Crippen LogP contribution in [0, 0.1) is 17.6 Å². The van der Waals surface area contributed by atoms with Gasteiger partial charge in [-0.3, -0.25) is 0 Å². The molecule has 0 aliphatic rings. The van der Waals surface area contributed by atoms with Gasteiger partial charge >= 0.3 is 0 Å². The van der Waals surface area contributed by atoms with E-state index in [0.717, 1.165) is 19.3 Å². The molecule has 96 valence electrons. The summed E-state index contributed by atoms with van der Waals surface area (Å²) >= 11 is 0. The van der Waals surface area contributed by atoms with E-state index >= 15 is 0 Å². The first kappa shape index (κ1) is 14.1. The molecule has 0 radical (unpaired) electrons. The normalized spacial score (nSPS) is 11.1. The van der Waals surface area contributed by atoms with E-state index in [2.05, 4.69) is 13.8 Å². The number of aryl methyl sites for hydroxylation is 1. The van der Waals surface area contributed by atoms with E-state index in [1.807, 2.05) is 0 Å². The van der Waals surface area contributed by atoms with Crippen molar-refractivity contribution in [3.8, 4) is 0 Å². The van der Waals surface area contributed by atoms with Gasteiger partial charge in [0.1, 0.15) is 11.6 Å². The predicted molar refractivity (Wildman–Crippen MR) is 68.0 cm³/mol. The van der Waals surface area contributed by atoms with Gasteiger partial charge in [-0.05, 0) is 42.5 Å². The van der Waals surface area contributed by atoms with E-state index in [9.17, 15) is 8.78 Å². The van der Waals surface area contributed by atoms with Crippen molar-refractivity contribution in [2.24, 2.45) is 5.92 Å². The first-order chi connectivity index (χ1) is 8.17. The summed E-state index contributed by atoms with van der Waals surface area (Å²) in [5.41, 5.74) is 0.516. The van der Waals surface area contributed by atoms with Crippen LogP contribution >= 0.6 is 0 Å². The van der Waals surface area contributed by atoms with E-state index in [1.54, 1.807) is 0 Å². The average Bonchev–Trinajstić information content (AvgIpc) is 2.30. The molecule has 17 heavy (non-hydrogen) atoms. The molecule has 0 aliphatic carbocycles. The molecule has 1 rings (SSSR count). The highest BCUT2D eigenvalue weighted by Crippen LogP contribution is 2.21. The average molecular weight is 240 g/mol. The molecule has 1 aromatic rings. The highest BCUT2D eigenvalue weighted by atomic mass is 19.1. The maximum atomic E-state index is 13.4. The molecule has 0 saturated heterocycles. The number of benzene rings is 1. The molecule has 0 aromatic heterocycles. The first-order valence-corrected chi connectivity index (χ1v) is 6.61. The van der Waals surface area contributed by atoms with Crippen LogP contribution in [0.15, 0.2) is 18.2 Å². The minimum atomic E-state index is -0.344. The highest BCUT2D eigenvalue weighted by molar-refractivity contribution is 5.18. The Morgan fingerprint density at radius 3 is 2.24 bits per heavy atom. The van der Waals surface area contributed by atoms with Gasteiger partial charge in [-0.15, -0.1) is 0 Å². The van der Waals surface area contributed by atoms with Gasteiger partial charge in [0, 0.05) is 0 Å². The Balaban J connectivity index is 2.55. The second-order valence-corrected chi connectivity index (χ2v) is 4.72. The summed E-state index contributed by atoms with van der Waals surface area (Å²) in [5, 5.41) is 0. The molecule has 0 spiro atoms. The maximum absolute atomic E-state index is 13.4. The Morgan fingerprint density at radius 2 is 1.65 bits per heavy atom. The van der Waals surface area contributed by atoms with Crippen LogP contribution in [0.2, 0.25) is 0 Å². The smallest absolute Gasteiger partial charge is 0.126 e. The fraction of sp³-hybridized carbons (Fsp3) is 0.600. The van der Waals surface area contributed by atoms with Gasteiger partial charge in [-0.2, -0.15) is 0 Å². The molecule has 0 aliphatic heterocycles. The van der Waals surface area contributed by atoms with Crippen molar-refractivity contribution in [2.75, 3.05) is 0 Å². The van der Waals surface area contributed by atoms with E-state index in [1.165, 1.54) is 31.0 Å². The van der Waals surface area contributed by atoms with Crippen LogP contribution in [-0.4, -0.2) is 0 Å². The van der Waals surface area contributed by atoms with E-state index in [-0.39, 0.29) is 11.6 Å². The van der Waals surface area contributed by atoms with Crippen LogP contribution in [-0.2, 0) is 6.42 Å². The lowest BCUT2D eigenvalue weighted by Crippen LogP contribution is -2.03. The van der Waals surface area contributed by atoms with Crippen molar-refractivity contribution in [1.82, 2.24) is 0 Å². The summed E-state index contributed by atoms with van der Waals surface area (Å²) in [6.45, 7) is 4.34. The zero-order chi connectivity index (χ0) is 12.7. The second kappa shape index (κ2) is 7.41. The van der Waals surface area contributed by atoms with Gasteiger partial charge in [0.25, 0.3) is 0 Å². The van der Waals surface area contributed by atoms with Gasteiger partial charge in [0.15, 0.2) is 0 Å². The second-order valence-electron chi connectivity index (χ2n) is 4.72. The molecule has 0 fully saturated rings. The van der Waals surface area contributed by atoms with Gasteiger partial charge < -0.3 is 0 Å².